The average Bonchev–Trinajstić information content (AvgIpc) is 2.55. The van der Waals surface area contributed by atoms with Crippen molar-refractivity contribution in [3.05, 3.63) is 64.7 Å². The highest BCUT2D eigenvalue weighted by atomic mass is 35.5. The second-order valence-electron chi connectivity index (χ2n) is 5.26. The van der Waals surface area contributed by atoms with E-state index in [0.717, 1.165) is 16.8 Å². The Morgan fingerprint density at radius 3 is 2.50 bits per heavy atom. The Morgan fingerprint density at radius 1 is 1.08 bits per heavy atom. The molecule has 0 fully saturated rings. The van der Waals surface area contributed by atoms with E-state index in [9.17, 15) is 9.59 Å². The average molecular weight is 344 g/mol. The van der Waals surface area contributed by atoms with Gasteiger partial charge in [-0.2, -0.15) is 5.10 Å². The van der Waals surface area contributed by atoms with Crippen LogP contribution in [0.3, 0.4) is 0 Å². The lowest BCUT2D eigenvalue weighted by atomic mass is 10.2. The number of aryl methyl sites for hydroxylation is 1. The van der Waals surface area contributed by atoms with Crippen molar-refractivity contribution in [3.63, 3.8) is 0 Å². The van der Waals surface area contributed by atoms with Crippen LogP contribution in [0.15, 0.2) is 53.6 Å². The number of halogens is 1. The van der Waals surface area contributed by atoms with Crippen molar-refractivity contribution < 1.29 is 9.59 Å². The van der Waals surface area contributed by atoms with Crippen LogP contribution in [-0.4, -0.2) is 18.0 Å². The molecule has 0 saturated heterocycles. The van der Waals surface area contributed by atoms with Crippen molar-refractivity contribution in [1.82, 2.24) is 5.43 Å². The van der Waals surface area contributed by atoms with E-state index in [4.69, 9.17) is 11.6 Å². The zero-order chi connectivity index (χ0) is 17.4. The van der Waals surface area contributed by atoms with Crippen LogP contribution in [0.1, 0.15) is 24.0 Å². The van der Waals surface area contributed by atoms with Gasteiger partial charge in [0.25, 0.3) is 0 Å². The molecule has 0 spiro atoms. The Balaban J connectivity index is 1.72. The van der Waals surface area contributed by atoms with Crippen molar-refractivity contribution >= 4 is 35.3 Å². The number of amides is 2. The van der Waals surface area contributed by atoms with Crippen LogP contribution in [0, 0.1) is 6.92 Å². The van der Waals surface area contributed by atoms with Crippen molar-refractivity contribution in [1.29, 1.82) is 0 Å². The van der Waals surface area contributed by atoms with E-state index in [-0.39, 0.29) is 24.7 Å². The summed E-state index contributed by atoms with van der Waals surface area (Å²) in [7, 11) is 0. The first kappa shape index (κ1) is 17.7. The Bertz CT molecular complexity index is 742. The van der Waals surface area contributed by atoms with Crippen LogP contribution >= 0.6 is 11.6 Å². The molecular weight excluding hydrogens is 326 g/mol. The van der Waals surface area contributed by atoms with Gasteiger partial charge < -0.3 is 5.32 Å². The molecule has 2 rings (SSSR count). The molecule has 2 aromatic carbocycles. The van der Waals surface area contributed by atoms with Gasteiger partial charge in [-0.15, -0.1) is 0 Å². The minimum atomic E-state index is -0.320. The van der Waals surface area contributed by atoms with Crippen LogP contribution in [-0.2, 0) is 9.59 Å². The summed E-state index contributed by atoms with van der Waals surface area (Å²) in [4.78, 5) is 23.5. The molecule has 0 atom stereocenters. The predicted octanol–water partition coefficient (Wildman–Crippen LogP) is 3.52. The van der Waals surface area contributed by atoms with Gasteiger partial charge in [-0.25, -0.2) is 5.43 Å². The van der Waals surface area contributed by atoms with Gasteiger partial charge in [0.05, 0.1) is 6.21 Å². The fourth-order valence-corrected chi connectivity index (χ4v) is 2.08. The molecule has 2 aromatic rings. The zero-order valence-corrected chi connectivity index (χ0v) is 14.0. The van der Waals surface area contributed by atoms with Crippen LogP contribution in [0.2, 0.25) is 5.02 Å². The predicted molar refractivity (Wildman–Crippen MR) is 96.2 cm³/mol. The van der Waals surface area contributed by atoms with Crippen molar-refractivity contribution in [3.8, 4) is 0 Å². The number of benzene rings is 2. The number of hydrogen-bond donors (Lipinski definition) is 2. The van der Waals surface area contributed by atoms with E-state index in [2.05, 4.69) is 15.8 Å². The third-order valence-electron chi connectivity index (χ3n) is 3.15. The lowest BCUT2D eigenvalue weighted by Crippen LogP contribution is -2.20. The molecule has 0 bridgehead atoms. The molecule has 0 saturated carbocycles. The first-order valence-corrected chi connectivity index (χ1v) is 7.85. The van der Waals surface area contributed by atoms with Crippen LogP contribution in [0.5, 0.6) is 0 Å². The molecular formula is C18H18ClN3O2. The molecule has 0 aliphatic heterocycles. The van der Waals surface area contributed by atoms with Crippen LogP contribution in [0.4, 0.5) is 5.69 Å². The van der Waals surface area contributed by atoms with Gasteiger partial charge >= 0.3 is 0 Å². The van der Waals surface area contributed by atoms with Gasteiger partial charge in [0, 0.05) is 23.6 Å². The second-order valence-corrected chi connectivity index (χ2v) is 5.70. The lowest BCUT2D eigenvalue weighted by molar-refractivity contribution is -0.124. The fraction of sp³-hybridized carbons (Fsp3) is 0.167. The van der Waals surface area contributed by atoms with E-state index in [1.165, 1.54) is 6.21 Å². The number of anilines is 1. The first-order valence-electron chi connectivity index (χ1n) is 7.47. The minimum Gasteiger partial charge on any atom is -0.326 e. The topological polar surface area (TPSA) is 70.6 Å². The monoisotopic (exact) mass is 343 g/mol. The lowest BCUT2D eigenvalue weighted by Gasteiger charge is -2.05. The highest BCUT2D eigenvalue weighted by molar-refractivity contribution is 6.30. The van der Waals surface area contributed by atoms with Crippen molar-refractivity contribution in [2.24, 2.45) is 5.10 Å². The van der Waals surface area contributed by atoms with E-state index in [0.29, 0.717) is 5.02 Å². The van der Waals surface area contributed by atoms with E-state index in [1.54, 1.807) is 30.3 Å². The number of nitrogens with zero attached hydrogens (tertiary/aromatic N) is 1. The van der Waals surface area contributed by atoms with E-state index < -0.39 is 0 Å². The summed E-state index contributed by atoms with van der Waals surface area (Å²) in [5.41, 5.74) is 4.99. The number of hydrogen-bond acceptors (Lipinski definition) is 3. The van der Waals surface area contributed by atoms with Gasteiger partial charge in [0.1, 0.15) is 0 Å². The molecule has 0 unspecified atom stereocenters. The number of carbonyl (C=O) groups is 2. The minimum absolute atomic E-state index is 0.0651. The fourth-order valence-electron chi connectivity index (χ4n) is 1.96. The van der Waals surface area contributed by atoms with Gasteiger partial charge in [0.15, 0.2) is 0 Å². The largest absolute Gasteiger partial charge is 0.326 e. The Hall–Kier alpha value is -2.66. The third kappa shape index (κ3) is 6.22. The zero-order valence-electron chi connectivity index (χ0n) is 13.3. The van der Waals surface area contributed by atoms with Crippen LogP contribution in [0.25, 0.3) is 0 Å². The molecule has 0 heterocycles. The summed E-state index contributed by atoms with van der Waals surface area (Å²) in [5.74, 6) is -0.531. The molecule has 6 heteroatoms. The summed E-state index contributed by atoms with van der Waals surface area (Å²) in [6, 6.07) is 14.5. The number of hydrazone groups is 1. The molecule has 0 aliphatic rings. The van der Waals surface area contributed by atoms with Crippen LogP contribution < -0.4 is 10.7 Å². The maximum absolute atomic E-state index is 11.8. The summed E-state index contributed by atoms with van der Waals surface area (Å²) in [6.07, 6.45) is 1.67. The third-order valence-corrected chi connectivity index (χ3v) is 3.41. The van der Waals surface area contributed by atoms with Gasteiger partial charge in [-0.05, 0) is 42.3 Å². The number of rotatable bonds is 6. The van der Waals surface area contributed by atoms with Gasteiger partial charge in [0.2, 0.25) is 11.8 Å². The maximum atomic E-state index is 11.8. The second kappa shape index (κ2) is 8.84. The normalized spacial score (nSPS) is 10.6. The van der Waals surface area contributed by atoms with E-state index >= 15 is 0 Å². The smallest absolute Gasteiger partial charge is 0.240 e. The SMILES string of the molecule is Cc1cccc(NC(=O)CCC(=O)NN=Cc2ccc(Cl)cc2)c1. The summed E-state index contributed by atoms with van der Waals surface area (Å²) in [5, 5.41) is 7.24. The summed E-state index contributed by atoms with van der Waals surface area (Å²) in [6.45, 7) is 1.95. The molecule has 2 N–H and O–H groups in total. The molecule has 5 nitrogen and oxygen atoms in total. The summed E-state index contributed by atoms with van der Waals surface area (Å²) < 4.78 is 0. The maximum Gasteiger partial charge on any atom is 0.240 e. The van der Waals surface area contributed by atoms with E-state index in [1.807, 2.05) is 25.1 Å². The quantitative estimate of drug-likeness (QED) is 0.622. The van der Waals surface area contributed by atoms with Gasteiger partial charge in [-0.1, -0.05) is 35.9 Å². The molecule has 2 amide bonds. The summed E-state index contributed by atoms with van der Waals surface area (Å²) >= 11 is 5.78. The number of carbonyl (C=O) groups excluding carboxylic acids is 2. The molecule has 24 heavy (non-hydrogen) atoms. The Morgan fingerprint density at radius 2 is 1.79 bits per heavy atom. The first-order chi connectivity index (χ1) is 11.5. The number of nitrogens with one attached hydrogen (secondary N) is 2. The van der Waals surface area contributed by atoms with Gasteiger partial charge in [-0.3, -0.25) is 9.59 Å². The molecule has 124 valence electrons. The molecule has 0 aliphatic carbocycles. The standard InChI is InChI=1S/C18H18ClN3O2/c1-13-3-2-4-16(11-13)21-17(23)9-10-18(24)22-20-12-14-5-7-15(19)8-6-14/h2-8,11-12H,9-10H2,1H3,(H,21,23)(H,22,24). The Labute approximate surface area is 145 Å². The van der Waals surface area contributed by atoms with Crippen molar-refractivity contribution in [2.45, 2.75) is 19.8 Å². The van der Waals surface area contributed by atoms with Crippen molar-refractivity contribution in [2.75, 3.05) is 5.32 Å². The molecule has 0 aromatic heterocycles. The Kier molecular flexibility index (Phi) is 6.51. The highest BCUT2D eigenvalue weighted by Crippen LogP contribution is 2.10. The molecule has 0 radical (unpaired) electrons. The highest BCUT2D eigenvalue weighted by Gasteiger charge is 2.06.